The monoisotopic (exact) mass is 225 g/mol. The van der Waals surface area contributed by atoms with Gasteiger partial charge in [-0.25, -0.2) is 0 Å². The van der Waals surface area contributed by atoms with Crippen LogP contribution in [0.2, 0.25) is 0 Å². The third-order valence-electron chi connectivity index (χ3n) is 3.70. The molecule has 0 saturated carbocycles. The number of hydrogen-bond acceptors (Lipinski definition) is 2. The predicted octanol–water partition coefficient (Wildman–Crippen LogP) is 2.57. The first-order valence-electron chi connectivity index (χ1n) is 5.94. The Labute approximate surface area is 101 Å². The van der Waals surface area contributed by atoms with E-state index in [0.717, 1.165) is 29.5 Å². The minimum atomic E-state index is -0.852. The van der Waals surface area contributed by atoms with E-state index < -0.39 is 5.60 Å². The van der Waals surface area contributed by atoms with Crippen molar-refractivity contribution in [2.45, 2.75) is 25.4 Å². The zero-order valence-corrected chi connectivity index (χ0v) is 9.85. The summed E-state index contributed by atoms with van der Waals surface area (Å²) >= 11 is 0. The molecule has 1 aliphatic rings. The lowest BCUT2D eigenvalue weighted by Crippen LogP contribution is -2.25. The third-order valence-corrected chi connectivity index (χ3v) is 3.70. The van der Waals surface area contributed by atoms with Crippen molar-refractivity contribution in [2.24, 2.45) is 0 Å². The molecule has 2 nitrogen and oxygen atoms in total. The Kier molecular flexibility index (Phi) is 2.26. The zero-order valence-electron chi connectivity index (χ0n) is 9.85. The molecule has 2 heteroatoms. The van der Waals surface area contributed by atoms with Crippen LogP contribution in [0.25, 0.3) is 0 Å². The van der Waals surface area contributed by atoms with Gasteiger partial charge < -0.3 is 5.11 Å². The van der Waals surface area contributed by atoms with Crippen LogP contribution in [-0.2, 0) is 12.0 Å². The van der Waals surface area contributed by atoms with Crippen LogP contribution in [0.5, 0.6) is 0 Å². The van der Waals surface area contributed by atoms with Gasteiger partial charge in [0.25, 0.3) is 0 Å². The molecule has 0 fully saturated rings. The molecule has 17 heavy (non-hydrogen) atoms. The Balaban J connectivity index is 2.19. The highest BCUT2D eigenvalue weighted by Crippen LogP contribution is 2.42. The van der Waals surface area contributed by atoms with E-state index in [0.29, 0.717) is 0 Å². The number of benzene rings is 1. The number of aliphatic hydroxyl groups is 1. The molecule has 1 aromatic heterocycles. The van der Waals surface area contributed by atoms with Gasteiger partial charge in [-0.2, -0.15) is 0 Å². The van der Waals surface area contributed by atoms with Gasteiger partial charge in [0.15, 0.2) is 0 Å². The van der Waals surface area contributed by atoms with Crippen molar-refractivity contribution in [1.82, 2.24) is 4.98 Å². The molecule has 0 bridgehead atoms. The number of aryl methyl sites for hydroxylation is 2. The molecule has 0 amide bonds. The maximum absolute atomic E-state index is 11.0. The summed E-state index contributed by atoms with van der Waals surface area (Å²) in [7, 11) is 0. The SMILES string of the molecule is Cc1ccncc1C1(O)CCc2ccccc21. The first kappa shape index (κ1) is 10.5. The zero-order chi connectivity index (χ0) is 11.9. The topological polar surface area (TPSA) is 33.1 Å². The molecular weight excluding hydrogens is 210 g/mol. The standard InChI is InChI=1S/C15H15NO/c1-11-7-9-16-10-14(11)15(17)8-6-12-4-2-3-5-13(12)15/h2-5,7,9-10,17H,6,8H2,1H3. The Morgan fingerprint density at radius 3 is 2.82 bits per heavy atom. The summed E-state index contributed by atoms with van der Waals surface area (Å²) in [6.07, 6.45) is 5.24. The molecule has 1 unspecified atom stereocenters. The van der Waals surface area contributed by atoms with Gasteiger partial charge in [-0.3, -0.25) is 4.98 Å². The Hall–Kier alpha value is -1.67. The molecule has 1 aliphatic carbocycles. The second kappa shape index (κ2) is 3.67. The van der Waals surface area contributed by atoms with Crippen molar-refractivity contribution in [2.75, 3.05) is 0 Å². The maximum Gasteiger partial charge on any atom is 0.117 e. The van der Waals surface area contributed by atoms with Crippen molar-refractivity contribution < 1.29 is 5.11 Å². The molecular formula is C15H15NO. The van der Waals surface area contributed by atoms with Crippen LogP contribution in [0.1, 0.15) is 28.7 Å². The lowest BCUT2D eigenvalue weighted by molar-refractivity contribution is 0.0819. The van der Waals surface area contributed by atoms with E-state index in [1.165, 1.54) is 5.56 Å². The van der Waals surface area contributed by atoms with Gasteiger partial charge in [0, 0.05) is 18.0 Å². The maximum atomic E-state index is 11.0. The summed E-state index contributed by atoms with van der Waals surface area (Å²) in [6.45, 7) is 2.02. The summed E-state index contributed by atoms with van der Waals surface area (Å²) in [5, 5.41) is 11.0. The smallest absolute Gasteiger partial charge is 0.117 e. The molecule has 1 N–H and O–H groups in total. The van der Waals surface area contributed by atoms with Crippen LogP contribution < -0.4 is 0 Å². The lowest BCUT2D eigenvalue weighted by atomic mass is 9.86. The highest BCUT2D eigenvalue weighted by Gasteiger charge is 2.39. The average molecular weight is 225 g/mol. The van der Waals surface area contributed by atoms with E-state index in [-0.39, 0.29) is 0 Å². The molecule has 0 spiro atoms. The lowest BCUT2D eigenvalue weighted by Gasteiger charge is -2.25. The Morgan fingerprint density at radius 2 is 2.00 bits per heavy atom. The van der Waals surface area contributed by atoms with E-state index in [1.807, 2.05) is 31.2 Å². The number of aromatic nitrogens is 1. The van der Waals surface area contributed by atoms with Crippen molar-refractivity contribution in [1.29, 1.82) is 0 Å². The minimum Gasteiger partial charge on any atom is -0.380 e. The molecule has 2 aromatic rings. The van der Waals surface area contributed by atoms with Crippen LogP contribution >= 0.6 is 0 Å². The molecule has 0 saturated heterocycles. The fourth-order valence-corrected chi connectivity index (χ4v) is 2.77. The van der Waals surface area contributed by atoms with Gasteiger partial charge in [-0.15, -0.1) is 0 Å². The van der Waals surface area contributed by atoms with Gasteiger partial charge in [-0.1, -0.05) is 24.3 Å². The van der Waals surface area contributed by atoms with Gasteiger partial charge in [0.05, 0.1) is 0 Å². The predicted molar refractivity (Wildman–Crippen MR) is 66.7 cm³/mol. The van der Waals surface area contributed by atoms with E-state index in [2.05, 4.69) is 11.1 Å². The van der Waals surface area contributed by atoms with Crippen LogP contribution in [0.15, 0.2) is 42.7 Å². The molecule has 1 atom stereocenters. The second-order valence-electron chi connectivity index (χ2n) is 4.71. The highest BCUT2D eigenvalue weighted by molar-refractivity contribution is 5.46. The quantitative estimate of drug-likeness (QED) is 0.809. The summed E-state index contributed by atoms with van der Waals surface area (Å²) in [5.41, 5.74) is 3.47. The fraction of sp³-hybridized carbons (Fsp3) is 0.267. The van der Waals surface area contributed by atoms with Gasteiger partial charge in [0.1, 0.15) is 5.60 Å². The Bertz CT molecular complexity index is 564. The van der Waals surface area contributed by atoms with Gasteiger partial charge in [0.2, 0.25) is 0 Å². The second-order valence-corrected chi connectivity index (χ2v) is 4.71. The summed E-state index contributed by atoms with van der Waals surface area (Å²) < 4.78 is 0. The number of nitrogens with zero attached hydrogens (tertiary/aromatic N) is 1. The molecule has 0 radical (unpaired) electrons. The van der Waals surface area contributed by atoms with Gasteiger partial charge >= 0.3 is 0 Å². The normalized spacial score (nSPS) is 22.5. The average Bonchev–Trinajstić information content (AvgIpc) is 2.70. The van der Waals surface area contributed by atoms with Crippen molar-refractivity contribution in [3.8, 4) is 0 Å². The summed E-state index contributed by atoms with van der Waals surface area (Å²) in [5.74, 6) is 0. The van der Waals surface area contributed by atoms with E-state index in [1.54, 1.807) is 12.4 Å². The van der Waals surface area contributed by atoms with E-state index >= 15 is 0 Å². The Morgan fingerprint density at radius 1 is 1.18 bits per heavy atom. The first-order chi connectivity index (χ1) is 8.22. The minimum absolute atomic E-state index is 0.749. The van der Waals surface area contributed by atoms with E-state index in [9.17, 15) is 5.11 Å². The van der Waals surface area contributed by atoms with Crippen molar-refractivity contribution in [3.05, 3.63) is 65.0 Å². The molecule has 3 rings (SSSR count). The molecule has 1 heterocycles. The number of rotatable bonds is 1. The summed E-state index contributed by atoms with van der Waals surface area (Å²) in [4.78, 5) is 4.15. The van der Waals surface area contributed by atoms with Crippen LogP contribution in [0.3, 0.4) is 0 Å². The van der Waals surface area contributed by atoms with E-state index in [4.69, 9.17) is 0 Å². The molecule has 86 valence electrons. The van der Waals surface area contributed by atoms with Crippen LogP contribution in [0, 0.1) is 6.92 Å². The van der Waals surface area contributed by atoms with Gasteiger partial charge in [-0.05, 0) is 42.5 Å². The van der Waals surface area contributed by atoms with Crippen LogP contribution in [0.4, 0.5) is 0 Å². The van der Waals surface area contributed by atoms with Crippen molar-refractivity contribution in [3.63, 3.8) is 0 Å². The third kappa shape index (κ3) is 1.48. The summed E-state index contributed by atoms with van der Waals surface area (Å²) in [6, 6.07) is 10.1. The van der Waals surface area contributed by atoms with Crippen molar-refractivity contribution >= 4 is 0 Å². The first-order valence-corrected chi connectivity index (χ1v) is 5.94. The number of hydrogen-bond donors (Lipinski definition) is 1. The molecule has 1 aromatic carbocycles. The van der Waals surface area contributed by atoms with Crippen LogP contribution in [-0.4, -0.2) is 10.1 Å². The number of pyridine rings is 1. The number of fused-ring (bicyclic) bond motifs is 1. The highest BCUT2D eigenvalue weighted by atomic mass is 16.3. The largest absolute Gasteiger partial charge is 0.380 e. The fourth-order valence-electron chi connectivity index (χ4n) is 2.77. The molecule has 0 aliphatic heterocycles.